The van der Waals surface area contributed by atoms with Crippen LogP contribution in [-0.4, -0.2) is 14.1 Å². The summed E-state index contributed by atoms with van der Waals surface area (Å²) in [6.45, 7) is 1.91. The molecule has 1 N–H and O–H groups in total. The molecule has 0 radical (unpaired) electrons. The molecule has 0 aliphatic carbocycles. The van der Waals surface area contributed by atoms with Crippen molar-refractivity contribution >= 4 is 27.3 Å². The van der Waals surface area contributed by atoms with Gasteiger partial charge in [-0.3, -0.25) is 0 Å². The Morgan fingerprint density at radius 3 is 2.29 bits per heavy atom. The summed E-state index contributed by atoms with van der Waals surface area (Å²) in [4.78, 5) is 2.45. The largest absolute Gasteiger partial charge is 0.276 e. The Balaban J connectivity index is 2.24. The predicted octanol–water partition coefficient (Wildman–Crippen LogP) is 3.43. The van der Waals surface area contributed by atoms with Gasteiger partial charge in [-0.25, -0.2) is 0 Å². The molecular weight excluding hydrogens is 308 g/mol. The molecule has 0 fully saturated rings. The van der Waals surface area contributed by atoms with E-state index in [1.807, 2.05) is 19.1 Å². The predicted molar refractivity (Wildman–Crippen MR) is 85.0 cm³/mol. The van der Waals surface area contributed by atoms with Crippen molar-refractivity contribution in [3.05, 3.63) is 65.2 Å². The van der Waals surface area contributed by atoms with Crippen molar-refractivity contribution in [2.75, 3.05) is 0 Å². The van der Waals surface area contributed by atoms with E-state index in [2.05, 4.69) is 9.93 Å². The van der Waals surface area contributed by atoms with E-state index in [1.165, 1.54) is 12.1 Å². The average Bonchev–Trinajstić information content (AvgIpc) is 2.50. The van der Waals surface area contributed by atoms with E-state index < -0.39 is 10.0 Å². The fourth-order valence-corrected chi connectivity index (χ4v) is 2.73. The molecule has 2 aromatic carbocycles. The number of hydrogen-bond donors (Lipinski definition) is 1. The Morgan fingerprint density at radius 2 is 1.71 bits per heavy atom. The molecule has 21 heavy (non-hydrogen) atoms. The molecule has 0 saturated carbocycles. The molecule has 0 bridgehead atoms. The Labute approximate surface area is 129 Å². The molecule has 2 aromatic rings. The van der Waals surface area contributed by atoms with Crippen LogP contribution in [0.25, 0.3) is 0 Å². The molecule has 0 atom stereocenters. The molecule has 2 rings (SSSR count). The number of hydrogen-bond acceptors (Lipinski definition) is 3. The minimum Gasteiger partial charge on any atom is -0.200 e. The van der Waals surface area contributed by atoms with Crippen LogP contribution in [0.15, 0.2) is 64.6 Å². The van der Waals surface area contributed by atoms with Crippen molar-refractivity contribution in [2.24, 2.45) is 5.10 Å². The van der Waals surface area contributed by atoms with Gasteiger partial charge in [-0.05, 0) is 36.2 Å². The van der Waals surface area contributed by atoms with E-state index in [0.717, 1.165) is 5.56 Å². The van der Waals surface area contributed by atoms with Crippen LogP contribution < -0.4 is 4.83 Å². The SMILES string of the molecule is CC/C(=N\NS(=O)(=O)c1ccccc1)c1ccc(Cl)cc1. The lowest BCUT2D eigenvalue weighted by molar-refractivity contribution is 0.584. The van der Waals surface area contributed by atoms with Gasteiger partial charge in [0.15, 0.2) is 0 Å². The van der Waals surface area contributed by atoms with Crippen LogP contribution in [0.2, 0.25) is 5.02 Å². The van der Waals surface area contributed by atoms with Crippen LogP contribution in [0.1, 0.15) is 18.9 Å². The lowest BCUT2D eigenvalue weighted by Gasteiger charge is -2.07. The third-order valence-corrected chi connectivity index (χ3v) is 4.34. The minimum atomic E-state index is -3.65. The quantitative estimate of drug-likeness (QED) is 0.677. The highest BCUT2D eigenvalue weighted by Crippen LogP contribution is 2.12. The zero-order valence-electron chi connectivity index (χ0n) is 11.5. The first-order chi connectivity index (χ1) is 10.0. The second-order valence-corrected chi connectivity index (χ2v) is 6.42. The molecule has 6 heteroatoms. The summed E-state index contributed by atoms with van der Waals surface area (Å²) in [5.74, 6) is 0. The summed E-state index contributed by atoms with van der Waals surface area (Å²) >= 11 is 5.84. The molecule has 4 nitrogen and oxygen atoms in total. The van der Waals surface area contributed by atoms with Crippen molar-refractivity contribution < 1.29 is 8.42 Å². The Kier molecular flexibility index (Phi) is 4.98. The van der Waals surface area contributed by atoms with Crippen molar-refractivity contribution in [3.63, 3.8) is 0 Å². The van der Waals surface area contributed by atoms with Gasteiger partial charge in [-0.2, -0.15) is 18.4 Å². The zero-order valence-corrected chi connectivity index (χ0v) is 13.0. The number of nitrogens with zero attached hydrogens (tertiary/aromatic N) is 1. The lowest BCUT2D eigenvalue weighted by atomic mass is 10.1. The van der Waals surface area contributed by atoms with E-state index >= 15 is 0 Å². The summed E-state index contributed by atoms with van der Waals surface area (Å²) in [6, 6.07) is 15.2. The lowest BCUT2D eigenvalue weighted by Crippen LogP contribution is -2.20. The summed E-state index contributed by atoms with van der Waals surface area (Å²) < 4.78 is 24.2. The topological polar surface area (TPSA) is 58.5 Å². The number of sulfonamides is 1. The molecule has 0 spiro atoms. The van der Waals surface area contributed by atoms with E-state index in [9.17, 15) is 8.42 Å². The van der Waals surface area contributed by atoms with E-state index in [1.54, 1.807) is 30.3 Å². The maximum absolute atomic E-state index is 12.1. The van der Waals surface area contributed by atoms with Gasteiger partial charge in [0.25, 0.3) is 10.0 Å². The minimum absolute atomic E-state index is 0.181. The Hall–Kier alpha value is -1.85. The molecule has 0 aromatic heterocycles. The number of nitrogens with one attached hydrogen (secondary N) is 1. The monoisotopic (exact) mass is 322 g/mol. The van der Waals surface area contributed by atoms with Crippen molar-refractivity contribution in [1.29, 1.82) is 0 Å². The Morgan fingerprint density at radius 1 is 1.10 bits per heavy atom. The van der Waals surface area contributed by atoms with Crippen LogP contribution in [-0.2, 0) is 10.0 Å². The van der Waals surface area contributed by atoms with Crippen molar-refractivity contribution in [1.82, 2.24) is 4.83 Å². The van der Waals surface area contributed by atoms with Crippen LogP contribution in [0.4, 0.5) is 0 Å². The number of benzene rings is 2. The molecule has 0 aliphatic heterocycles. The molecule has 110 valence electrons. The number of hydrazone groups is 1. The van der Waals surface area contributed by atoms with Gasteiger partial charge in [0.05, 0.1) is 10.6 Å². The van der Waals surface area contributed by atoms with Gasteiger partial charge in [-0.15, -0.1) is 0 Å². The maximum atomic E-state index is 12.1. The first-order valence-corrected chi connectivity index (χ1v) is 8.28. The molecular formula is C15H15ClN2O2S. The first kappa shape index (κ1) is 15.5. The third-order valence-electron chi connectivity index (χ3n) is 2.87. The van der Waals surface area contributed by atoms with Crippen molar-refractivity contribution in [2.45, 2.75) is 18.2 Å². The van der Waals surface area contributed by atoms with Crippen LogP contribution in [0.5, 0.6) is 0 Å². The molecule has 0 amide bonds. The van der Waals surface area contributed by atoms with Gasteiger partial charge in [0.2, 0.25) is 0 Å². The normalized spacial score (nSPS) is 12.2. The standard InChI is InChI=1S/C15H15ClN2O2S/c1-2-15(12-8-10-13(16)11-9-12)17-18-21(19,20)14-6-4-3-5-7-14/h3-11,18H,2H2,1H3/b17-15+. The van der Waals surface area contributed by atoms with Crippen LogP contribution in [0, 0.1) is 0 Å². The fraction of sp³-hybridized carbons (Fsp3) is 0.133. The Bertz CT molecular complexity index is 726. The van der Waals surface area contributed by atoms with Gasteiger partial charge in [-0.1, -0.05) is 48.9 Å². The first-order valence-electron chi connectivity index (χ1n) is 6.42. The summed E-state index contributed by atoms with van der Waals surface area (Å²) in [5.41, 5.74) is 1.48. The van der Waals surface area contributed by atoms with Gasteiger partial charge < -0.3 is 0 Å². The van der Waals surface area contributed by atoms with Crippen molar-refractivity contribution in [3.8, 4) is 0 Å². The zero-order chi connectivity index (χ0) is 15.3. The average molecular weight is 323 g/mol. The second-order valence-electron chi connectivity index (χ2n) is 4.33. The van der Waals surface area contributed by atoms with Gasteiger partial charge >= 0.3 is 0 Å². The number of rotatable bonds is 5. The van der Waals surface area contributed by atoms with E-state index in [0.29, 0.717) is 17.2 Å². The smallest absolute Gasteiger partial charge is 0.200 e. The molecule has 0 heterocycles. The molecule has 0 unspecified atom stereocenters. The van der Waals surface area contributed by atoms with E-state index in [-0.39, 0.29) is 4.90 Å². The molecule has 0 aliphatic rings. The molecule has 0 saturated heterocycles. The van der Waals surface area contributed by atoms with Crippen LogP contribution in [0.3, 0.4) is 0 Å². The maximum Gasteiger partial charge on any atom is 0.276 e. The fourth-order valence-electron chi connectivity index (χ4n) is 1.76. The summed E-state index contributed by atoms with van der Waals surface area (Å²) in [5, 5.41) is 4.65. The van der Waals surface area contributed by atoms with Gasteiger partial charge in [0, 0.05) is 5.02 Å². The van der Waals surface area contributed by atoms with Crippen LogP contribution >= 0.6 is 11.6 Å². The number of halogens is 1. The second kappa shape index (κ2) is 6.74. The highest BCUT2D eigenvalue weighted by Gasteiger charge is 2.12. The summed E-state index contributed by atoms with van der Waals surface area (Å²) in [6.07, 6.45) is 0.596. The third kappa shape index (κ3) is 4.06. The summed E-state index contributed by atoms with van der Waals surface area (Å²) in [7, 11) is -3.65. The highest BCUT2D eigenvalue weighted by atomic mass is 35.5. The highest BCUT2D eigenvalue weighted by molar-refractivity contribution is 7.89. The van der Waals surface area contributed by atoms with Gasteiger partial charge in [0.1, 0.15) is 0 Å². The van der Waals surface area contributed by atoms with E-state index in [4.69, 9.17) is 11.6 Å².